The maximum atomic E-state index is 13.8. The number of benzene rings is 4. The fourth-order valence-electron chi connectivity index (χ4n) is 5.97. The molecule has 1 aromatic heterocycles. The van der Waals surface area contributed by atoms with Crippen molar-refractivity contribution in [2.45, 2.75) is 6.54 Å². The third-order valence-corrected chi connectivity index (χ3v) is 8.23. The first-order valence-corrected chi connectivity index (χ1v) is 13.9. The predicted molar refractivity (Wildman–Crippen MR) is 157 cm³/mol. The third-order valence-electron chi connectivity index (χ3n) is 8.00. The van der Waals surface area contributed by atoms with Crippen LogP contribution in [0.2, 0.25) is 5.02 Å². The van der Waals surface area contributed by atoms with Gasteiger partial charge in [-0.2, -0.15) is 0 Å². The summed E-state index contributed by atoms with van der Waals surface area (Å²) in [6.07, 6.45) is 0. The molecule has 7 nitrogen and oxygen atoms in total. The summed E-state index contributed by atoms with van der Waals surface area (Å²) in [5.74, 6) is 1.01. The van der Waals surface area contributed by atoms with Crippen molar-refractivity contribution in [1.29, 1.82) is 0 Å². The smallest absolute Gasteiger partial charge is 0.196 e. The molecule has 7 rings (SSSR count). The molecule has 1 fully saturated rings. The number of aromatic nitrogens is 1. The van der Waals surface area contributed by atoms with Crippen molar-refractivity contribution >= 4 is 45.3 Å². The number of nitrogens with one attached hydrogen (secondary N) is 2. The molecule has 9 heteroatoms. The van der Waals surface area contributed by atoms with E-state index in [1.54, 1.807) is 25.3 Å². The van der Waals surface area contributed by atoms with E-state index in [4.69, 9.17) is 20.9 Å². The first kappa shape index (κ1) is 25.6. The predicted octanol–water partition coefficient (Wildman–Crippen LogP) is 5.49. The summed E-state index contributed by atoms with van der Waals surface area (Å²) in [6, 6.07) is 21.2. The number of ketones is 1. The quantitative estimate of drug-likeness (QED) is 0.276. The van der Waals surface area contributed by atoms with Gasteiger partial charge in [0, 0.05) is 27.4 Å². The molecule has 2 N–H and O–H groups in total. The molecule has 0 radical (unpaired) electrons. The highest BCUT2D eigenvalue weighted by atomic mass is 35.5. The highest BCUT2D eigenvalue weighted by molar-refractivity contribution is 6.30. The number of carbonyl (C=O) groups excluding carboxylic acids is 1. The Bertz CT molecular complexity index is 1800. The number of piperazine rings is 1. The van der Waals surface area contributed by atoms with Gasteiger partial charge in [0.25, 0.3) is 0 Å². The normalized spacial score (nSPS) is 14.8. The second kappa shape index (κ2) is 10.2. The Balaban J connectivity index is 1.25. The summed E-state index contributed by atoms with van der Waals surface area (Å²) in [5.41, 5.74) is 5.80. The number of methoxy groups -OCH3 is 1. The van der Waals surface area contributed by atoms with Crippen molar-refractivity contribution in [2.75, 3.05) is 43.5 Å². The number of hydrogen-bond acceptors (Lipinski definition) is 6. The Labute approximate surface area is 241 Å². The summed E-state index contributed by atoms with van der Waals surface area (Å²) < 4.78 is 25.1. The third kappa shape index (κ3) is 4.49. The van der Waals surface area contributed by atoms with Gasteiger partial charge in [-0.05, 0) is 48.5 Å². The van der Waals surface area contributed by atoms with Crippen molar-refractivity contribution in [3.63, 3.8) is 0 Å². The number of anilines is 3. The molecule has 1 saturated heterocycles. The lowest BCUT2D eigenvalue weighted by molar-refractivity contribution is -0.914. The standard InChI is InChI=1S/C32H26ClFN4O3/c1-40-27-11-6-20(33)16-19(27)18-37-12-14-38(15-13-37)26-17-25(35-22-9-7-21(34)8-10-22)28-29-30(26)36-41-32(29)24-5-3-2-4-23(24)31(28)39/h2-11,16-17,35H,12-15,18H2,1H3/p+1. The maximum Gasteiger partial charge on any atom is 0.196 e. The van der Waals surface area contributed by atoms with Crippen LogP contribution in [0.3, 0.4) is 0 Å². The van der Waals surface area contributed by atoms with E-state index in [2.05, 4.69) is 15.4 Å². The Kier molecular flexibility index (Phi) is 6.37. The van der Waals surface area contributed by atoms with Crippen LogP contribution in [-0.2, 0) is 6.54 Å². The first-order valence-electron chi connectivity index (χ1n) is 13.5. The Morgan fingerprint density at radius 2 is 1.80 bits per heavy atom. The van der Waals surface area contributed by atoms with Crippen molar-refractivity contribution < 1.29 is 23.3 Å². The van der Waals surface area contributed by atoms with Crippen LogP contribution in [-0.4, -0.2) is 44.2 Å². The van der Waals surface area contributed by atoms with Crippen molar-refractivity contribution in [2.24, 2.45) is 0 Å². The molecule has 2 heterocycles. The zero-order chi connectivity index (χ0) is 28.1. The number of hydrogen-bond donors (Lipinski definition) is 2. The van der Waals surface area contributed by atoms with E-state index in [-0.39, 0.29) is 11.6 Å². The van der Waals surface area contributed by atoms with Gasteiger partial charge in [0.1, 0.15) is 23.6 Å². The zero-order valence-electron chi connectivity index (χ0n) is 22.3. The van der Waals surface area contributed by atoms with Gasteiger partial charge in [-0.25, -0.2) is 4.39 Å². The minimum absolute atomic E-state index is 0.0952. The van der Waals surface area contributed by atoms with E-state index in [9.17, 15) is 9.18 Å². The molecular formula is C32H27ClFN4O3+. The van der Waals surface area contributed by atoms with Crippen molar-refractivity contribution in [3.05, 3.63) is 100 Å². The average Bonchev–Trinajstić information content (AvgIpc) is 3.43. The van der Waals surface area contributed by atoms with Gasteiger partial charge in [-0.15, -0.1) is 0 Å². The van der Waals surface area contributed by atoms with Gasteiger partial charge < -0.3 is 24.4 Å². The van der Waals surface area contributed by atoms with Gasteiger partial charge >= 0.3 is 0 Å². The van der Waals surface area contributed by atoms with E-state index in [1.807, 2.05) is 42.5 Å². The Hall–Kier alpha value is -4.40. The minimum atomic E-state index is -0.324. The largest absolute Gasteiger partial charge is 0.496 e. The summed E-state index contributed by atoms with van der Waals surface area (Å²) in [4.78, 5) is 17.6. The number of nitrogens with zero attached hydrogens (tertiary/aromatic N) is 2. The lowest BCUT2D eigenvalue weighted by Crippen LogP contribution is -3.13. The highest BCUT2D eigenvalue weighted by Gasteiger charge is 2.34. The summed E-state index contributed by atoms with van der Waals surface area (Å²) in [6.45, 7) is 4.17. The number of halogens is 2. The van der Waals surface area contributed by atoms with Crippen LogP contribution in [0.1, 0.15) is 21.5 Å². The van der Waals surface area contributed by atoms with Crippen molar-refractivity contribution in [1.82, 2.24) is 5.16 Å². The topological polar surface area (TPSA) is 72.0 Å². The van der Waals surface area contributed by atoms with Crippen LogP contribution < -0.4 is 19.9 Å². The van der Waals surface area contributed by atoms with E-state index in [0.29, 0.717) is 44.2 Å². The average molecular weight is 570 g/mol. The molecule has 1 aliphatic carbocycles. The molecule has 1 aliphatic heterocycles. The molecule has 2 aliphatic rings. The lowest BCUT2D eigenvalue weighted by atomic mass is 9.86. The lowest BCUT2D eigenvalue weighted by Gasteiger charge is -2.34. The highest BCUT2D eigenvalue weighted by Crippen LogP contribution is 2.46. The second-order valence-corrected chi connectivity index (χ2v) is 10.9. The number of quaternary nitrogens is 1. The van der Waals surface area contributed by atoms with Crippen LogP contribution in [0.5, 0.6) is 5.75 Å². The zero-order valence-corrected chi connectivity index (χ0v) is 23.1. The van der Waals surface area contributed by atoms with Gasteiger partial charge in [-0.3, -0.25) is 4.79 Å². The van der Waals surface area contributed by atoms with Crippen LogP contribution in [0.4, 0.5) is 21.5 Å². The van der Waals surface area contributed by atoms with Crippen LogP contribution in [0, 0.1) is 5.82 Å². The molecule has 206 valence electrons. The SMILES string of the molecule is COc1ccc(Cl)cc1C[NH+]1CCN(c2cc(Nc3ccc(F)cc3)c3c4c(onc24)-c2ccccc2C3=O)CC1. The second-order valence-electron chi connectivity index (χ2n) is 10.4. The molecule has 4 aromatic carbocycles. The van der Waals surface area contributed by atoms with Gasteiger partial charge in [-0.1, -0.05) is 41.0 Å². The molecule has 0 atom stereocenters. The molecule has 41 heavy (non-hydrogen) atoms. The maximum absolute atomic E-state index is 13.8. The van der Waals surface area contributed by atoms with Gasteiger partial charge in [0.05, 0.1) is 55.6 Å². The molecule has 0 bridgehead atoms. The fraction of sp³-hybridized carbons (Fsp3) is 0.188. The van der Waals surface area contributed by atoms with E-state index in [1.165, 1.54) is 17.0 Å². The van der Waals surface area contributed by atoms with Crippen LogP contribution in [0.25, 0.3) is 22.2 Å². The molecule has 0 unspecified atom stereocenters. The molecule has 0 saturated carbocycles. The monoisotopic (exact) mass is 569 g/mol. The van der Waals surface area contributed by atoms with E-state index < -0.39 is 0 Å². The Morgan fingerprint density at radius 1 is 1.05 bits per heavy atom. The number of carbonyl (C=O) groups is 1. The number of fused-ring (bicyclic) bond motifs is 2. The van der Waals surface area contributed by atoms with E-state index in [0.717, 1.165) is 55.3 Å². The number of rotatable bonds is 6. The molecular weight excluding hydrogens is 543 g/mol. The summed E-state index contributed by atoms with van der Waals surface area (Å²) >= 11 is 6.27. The van der Waals surface area contributed by atoms with Gasteiger partial charge in [0.2, 0.25) is 0 Å². The first-order chi connectivity index (χ1) is 20.0. The molecule has 5 aromatic rings. The molecule has 0 amide bonds. The van der Waals surface area contributed by atoms with E-state index >= 15 is 0 Å². The van der Waals surface area contributed by atoms with Gasteiger partial charge in [0.15, 0.2) is 11.5 Å². The van der Waals surface area contributed by atoms with Crippen LogP contribution in [0.15, 0.2) is 77.3 Å². The minimum Gasteiger partial charge on any atom is -0.496 e. The van der Waals surface area contributed by atoms with Crippen molar-refractivity contribution in [3.8, 4) is 17.1 Å². The van der Waals surface area contributed by atoms with Crippen LogP contribution >= 0.6 is 11.6 Å². The fourth-order valence-corrected chi connectivity index (χ4v) is 6.16. The Morgan fingerprint density at radius 3 is 2.56 bits per heavy atom. The summed E-state index contributed by atoms with van der Waals surface area (Å²) in [5, 5.41) is 9.27. The molecule has 0 spiro atoms. The summed E-state index contributed by atoms with van der Waals surface area (Å²) in [7, 11) is 1.68. The number of ether oxygens (including phenoxy) is 1.